The largest absolute Gasteiger partial charge is 0.348 e. The van der Waals surface area contributed by atoms with Crippen LogP contribution in [0.4, 0.5) is 4.39 Å². The van der Waals surface area contributed by atoms with Gasteiger partial charge in [-0.05, 0) is 31.5 Å². The lowest BCUT2D eigenvalue weighted by molar-refractivity contribution is 0.00682. The number of likely N-dealkylation sites (N-methyl/N-ethyl adjacent to an activating group) is 1. The standard InChI is InChI=1S/C22H26FN5/c1-2-28-11-8-19-21(25-15-24-19)22(28)9-12-27(13-10-22)14-17-7-6-16-4-3-5-18(23)20(16)26-17/h3-7,15H,2,8-14H2,1H3,(H,24,25). The molecule has 5 nitrogen and oxygen atoms in total. The topological polar surface area (TPSA) is 48.1 Å². The number of hydrogen-bond donors (Lipinski definition) is 1. The van der Waals surface area contributed by atoms with Crippen LogP contribution in [-0.2, 0) is 18.5 Å². The molecule has 2 aliphatic rings. The van der Waals surface area contributed by atoms with Crippen molar-refractivity contribution in [3.63, 3.8) is 0 Å². The van der Waals surface area contributed by atoms with Crippen LogP contribution in [0.15, 0.2) is 36.7 Å². The third kappa shape index (κ3) is 2.83. The van der Waals surface area contributed by atoms with Crippen molar-refractivity contribution in [3.05, 3.63) is 59.6 Å². The normalized spacial score (nSPS) is 19.9. The predicted octanol–water partition coefficient (Wildman–Crippen LogP) is 3.47. The number of para-hydroxylation sites is 1. The van der Waals surface area contributed by atoms with E-state index in [4.69, 9.17) is 4.98 Å². The van der Waals surface area contributed by atoms with Crippen LogP contribution in [0.3, 0.4) is 0 Å². The highest BCUT2D eigenvalue weighted by atomic mass is 19.1. The number of rotatable bonds is 3. The molecule has 0 radical (unpaired) electrons. The fourth-order valence-electron chi connectivity index (χ4n) is 5.09. The second-order valence-corrected chi connectivity index (χ2v) is 7.98. The Balaban J connectivity index is 1.35. The molecule has 3 aromatic rings. The number of aromatic amines is 1. The molecular formula is C22H26FN5. The number of likely N-dealkylation sites (tertiary alicyclic amines) is 1. The Hall–Kier alpha value is -2.31. The Bertz CT molecular complexity index is 990. The summed E-state index contributed by atoms with van der Waals surface area (Å²) in [6.45, 7) is 7.16. The highest BCUT2D eigenvalue weighted by Gasteiger charge is 2.45. The molecule has 0 aliphatic carbocycles. The molecule has 0 saturated carbocycles. The first-order valence-electron chi connectivity index (χ1n) is 10.2. The quantitative estimate of drug-likeness (QED) is 0.757. The fourth-order valence-corrected chi connectivity index (χ4v) is 5.09. The Morgan fingerprint density at radius 1 is 1.14 bits per heavy atom. The van der Waals surface area contributed by atoms with Gasteiger partial charge in [0.1, 0.15) is 11.3 Å². The first-order chi connectivity index (χ1) is 13.7. The zero-order chi connectivity index (χ0) is 19.1. The van der Waals surface area contributed by atoms with Gasteiger partial charge < -0.3 is 4.98 Å². The Morgan fingerprint density at radius 3 is 2.82 bits per heavy atom. The summed E-state index contributed by atoms with van der Waals surface area (Å²) in [5, 5.41) is 0.855. The van der Waals surface area contributed by atoms with Gasteiger partial charge in [-0.3, -0.25) is 9.80 Å². The highest BCUT2D eigenvalue weighted by molar-refractivity contribution is 5.79. The van der Waals surface area contributed by atoms with Gasteiger partial charge in [-0.15, -0.1) is 0 Å². The molecule has 0 atom stereocenters. The summed E-state index contributed by atoms with van der Waals surface area (Å²) in [4.78, 5) is 17.7. The van der Waals surface area contributed by atoms with Gasteiger partial charge in [0.2, 0.25) is 0 Å². The molecule has 1 N–H and O–H groups in total. The van der Waals surface area contributed by atoms with Crippen LogP contribution in [0, 0.1) is 5.82 Å². The van der Waals surface area contributed by atoms with Crippen LogP contribution in [0.1, 0.15) is 36.8 Å². The van der Waals surface area contributed by atoms with Crippen LogP contribution in [0.5, 0.6) is 0 Å². The lowest BCUT2D eigenvalue weighted by Crippen LogP contribution is -2.56. The number of hydrogen-bond acceptors (Lipinski definition) is 4. The van der Waals surface area contributed by atoms with Crippen molar-refractivity contribution in [1.29, 1.82) is 0 Å². The van der Waals surface area contributed by atoms with E-state index in [-0.39, 0.29) is 11.4 Å². The average molecular weight is 379 g/mol. The monoisotopic (exact) mass is 379 g/mol. The van der Waals surface area contributed by atoms with Gasteiger partial charge in [0.25, 0.3) is 0 Å². The van der Waals surface area contributed by atoms with E-state index in [0.29, 0.717) is 5.52 Å². The van der Waals surface area contributed by atoms with Crippen LogP contribution in [0.2, 0.25) is 0 Å². The molecule has 0 bridgehead atoms. The number of aromatic nitrogens is 3. The maximum Gasteiger partial charge on any atom is 0.149 e. The number of nitrogens with one attached hydrogen (secondary N) is 1. The van der Waals surface area contributed by atoms with Crippen molar-refractivity contribution in [2.45, 2.75) is 38.3 Å². The minimum Gasteiger partial charge on any atom is -0.348 e. The Labute approximate surface area is 164 Å². The predicted molar refractivity (Wildman–Crippen MR) is 107 cm³/mol. The van der Waals surface area contributed by atoms with E-state index in [1.54, 1.807) is 6.07 Å². The van der Waals surface area contributed by atoms with Crippen molar-refractivity contribution >= 4 is 10.9 Å². The first kappa shape index (κ1) is 17.8. The fraction of sp³-hybridized carbons (Fsp3) is 0.455. The van der Waals surface area contributed by atoms with E-state index >= 15 is 0 Å². The molecule has 4 heterocycles. The van der Waals surface area contributed by atoms with E-state index in [0.717, 1.165) is 63.1 Å². The molecule has 1 spiro atoms. The third-order valence-electron chi connectivity index (χ3n) is 6.58. The zero-order valence-electron chi connectivity index (χ0n) is 16.3. The van der Waals surface area contributed by atoms with Crippen molar-refractivity contribution in [2.24, 2.45) is 0 Å². The van der Waals surface area contributed by atoms with Crippen molar-refractivity contribution in [1.82, 2.24) is 24.8 Å². The minimum atomic E-state index is -0.246. The Morgan fingerprint density at radius 2 is 2.00 bits per heavy atom. The molecule has 0 amide bonds. The second kappa shape index (κ2) is 6.94. The molecule has 1 saturated heterocycles. The summed E-state index contributed by atoms with van der Waals surface area (Å²) in [6.07, 6.45) is 5.05. The lowest BCUT2D eigenvalue weighted by Gasteiger charge is -2.50. The third-order valence-corrected chi connectivity index (χ3v) is 6.58. The van der Waals surface area contributed by atoms with Crippen molar-refractivity contribution < 1.29 is 4.39 Å². The highest BCUT2D eigenvalue weighted by Crippen LogP contribution is 2.42. The van der Waals surface area contributed by atoms with Gasteiger partial charge in [-0.2, -0.15) is 0 Å². The number of imidazole rings is 1. The number of fused-ring (bicyclic) bond motifs is 3. The van der Waals surface area contributed by atoms with Crippen LogP contribution >= 0.6 is 0 Å². The summed E-state index contributed by atoms with van der Waals surface area (Å²) in [6, 6.07) is 9.12. The number of nitrogens with zero attached hydrogens (tertiary/aromatic N) is 4. The van der Waals surface area contributed by atoms with Crippen LogP contribution in [-0.4, -0.2) is 50.9 Å². The molecular weight excluding hydrogens is 353 g/mol. The minimum absolute atomic E-state index is 0.0573. The molecule has 2 aliphatic heterocycles. The molecule has 146 valence electrons. The van der Waals surface area contributed by atoms with E-state index < -0.39 is 0 Å². The molecule has 2 aromatic heterocycles. The number of pyridine rings is 1. The van der Waals surface area contributed by atoms with Gasteiger partial charge in [0.05, 0.1) is 23.3 Å². The smallest absolute Gasteiger partial charge is 0.149 e. The first-order valence-corrected chi connectivity index (χ1v) is 10.2. The summed E-state index contributed by atoms with van der Waals surface area (Å²) < 4.78 is 14.1. The maximum absolute atomic E-state index is 14.1. The maximum atomic E-state index is 14.1. The van der Waals surface area contributed by atoms with Gasteiger partial charge in [-0.1, -0.05) is 25.1 Å². The van der Waals surface area contributed by atoms with Gasteiger partial charge >= 0.3 is 0 Å². The van der Waals surface area contributed by atoms with Crippen molar-refractivity contribution in [2.75, 3.05) is 26.2 Å². The number of halogens is 1. The number of benzene rings is 1. The second-order valence-electron chi connectivity index (χ2n) is 7.98. The van der Waals surface area contributed by atoms with Crippen LogP contribution < -0.4 is 0 Å². The van der Waals surface area contributed by atoms with Gasteiger partial charge in [-0.25, -0.2) is 14.4 Å². The lowest BCUT2D eigenvalue weighted by atomic mass is 9.78. The van der Waals surface area contributed by atoms with E-state index in [1.165, 1.54) is 17.5 Å². The Kier molecular flexibility index (Phi) is 4.40. The summed E-state index contributed by atoms with van der Waals surface area (Å²) in [5.74, 6) is -0.246. The summed E-state index contributed by atoms with van der Waals surface area (Å²) in [7, 11) is 0. The van der Waals surface area contributed by atoms with E-state index in [2.05, 4.69) is 26.7 Å². The number of piperidine rings is 1. The molecule has 1 aromatic carbocycles. The van der Waals surface area contributed by atoms with E-state index in [1.807, 2.05) is 24.5 Å². The van der Waals surface area contributed by atoms with E-state index in [9.17, 15) is 4.39 Å². The number of H-pyrrole nitrogens is 1. The summed E-state index contributed by atoms with van der Waals surface area (Å²) in [5.41, 5.74) is 4.03. The van der Waals surface area contributed by atoms with Crippen molar-refractivity contribution in [3.8, 4) is 0 Å². The van der Waals surface area contributed by atoms with Gasteiger partial charge in [0, 0.05) is 43.7 Å². The zero-order valence-corrected chi connectivity index (χ0v) is 16.3. The molecule has 0 unspecified atom stereocenters. The molecule has 28 heavy (non-hydrogen) atoms. The summed E-state index contributed by atoms with van der Waals surface area (Å²) >= 11 is 0. The molecule has 6 heteroatoms. The molecule has 5 rings (SSSR count). The SMILES string of the molecule is CCN1CCc2[nH]cnc2C12CCN(Cc1ccc3cccc(F)c3n1)CC2. The van der Waals surface area contributed by atoms with Crippen LogP contribution in [0.25, 0.3) is 10.9 Å². The molecule has 1 fully saturated rings. The van der Waals surface area contributed by atoms with Gasteiger partial charge in [0.15, 0.2) is 0 Å². The average Bonchev–Trinajstić information content (AvgIpc) is 3.21.